The van der Waals surface area contributed by atoms with Crippen LogP contribution in [0, 0.1) is 29.1 Å². The minimum Gasteiger partial charge on any atom is -0.434 e. The first-order valence-corrected chi connectivity index (χ1v) is 19.7. The summed E-state index contributed by atoms with van der Waals surface area (Å²) in [6, 6.07) is 1.08. The van der Waals surface area contributed by atoms with Crippen LogP contribution >= 0.6 is 0 Å². The standard InChI is InChI=1S/C17H24O2.C12H22O2Si.C10H14O4/c1-12(11-19-14(3)18)6-5-9-17(4)13(2)15-7-8-16(17)10-15;1-9-10-5-6-11(7-10)12(9)8-15(4,13-2)14-3;1-5-6-7(2)10(13-8(3)11)14-9(4)12/h5-6,11,15-16H,2,7-10H2,1,3-4H3;10-11H,5-8H2,1-4H3;5-6,10H,1H2,2-4H3/b6-5+,12-11+;;7-6+/t15-,16+,17+;10-,11+;/m10./s1. The fourth-order valence-corrected chi connectivity index (χ4v) is 9.23. The molecule has 0 saturated heterocycles. The van der Waals surface area contributed by atoms with Crippen LogP contribution in [0.5, 0.6) is 0 Å². The summed E-state index contributed by atoms with van der Waals surface area (Å²) in [7, 11) is 1.68. The van der Waals surface area contributed by atoms with Crippen LogP contribution < -0.4 is 0 Å². The van der Waals surface area contributed by atoms with Crippen LogP contribution in [0.3, 0.4) is 0 Å². The molecule has 0 aliphatic heterocycles. The quantitative estimate of drug-likeness (QED) is 0.0502. The molecule has 0 N–H and O–H groups in total. The second kappa shape index (κ2) is 18.7. The number of hydrogen-bond acceptors (Lipinski definition) is 8. The Kier molecular flexibility index (Phi) is 16.0. The van der Waals surface area contributed by atoms with Gasteiger partial charge in [0.2, 0.25) is 0 Å². The van der Waals surface area contributed by atoms with E-state index in [-0.39, 0.29) is 11.4 Å². The summed E-state index contributed by atoms with van der Waals surface area (Å²) in [6.45, 7) is 22.2. The molecule has 0 radical (unpaired) electrons. The molecule has 0 aromatic heterocycles. The highest BCUT2D eigenvalue weighted by atomic mass is 28.4. The first-order valence-electron chi connectivity index (χ1n) is 17.1. The van der Waals surface area contributed by atoms with Gasteiger partial charge in [-0.1, -0.05) is 61.1 Å². The predicted octanol–water partition coefficient (Wildman–Crippen LogP) is 9.06. The van der Waals surface area contributed by atoms with E-state index >= 15 is 0 Å². The van der Waals surface area contributed by atoms with Crippen LogP contribution in [0.25, 0.3) is 0 Å². The highest BCUT2D eigenvalue weighted by Gasteiger charge is 2.49. The van der Waals surface area contributed by atoms with Crippen LogP contribution in [-0.2, 0) is 37.4 Å². The molecule has 4 rings (SSSR count). The van der Waals surface area contributed by atoms with Crippen molar-refractivity contribution in [2.24, 2.45) is 29.1 Å². The highest BCUT2D eigenvalue weighted by molar-refractivity contribution is 6.66. The molecule has 4 aliphatic rings. The van der Waals surface area contributed by atoms with Crippen LogP contribution in [0.4, 0.5) is 0 Å². The molecule has 48 heavy (non-hydrogen) atoms. The van der Waals surface area contributed by atoms with E-state index in [0.717, 1.165) is 41.7 Å². The topological polar surface area (TPSA) is 97.4 Å². The summed E-state index contributed by atoms with van der Waals surface area (Å²) in [5, 5.41) is 0. The lowest BCUT2D eigenvalue weighted by Gasteiger charge is -2.35. The number of allylic oxidation sites excluding steroid dienone is 8. The van der Waals surface area contributed by atoms with E-state index in [2.05, 4.69) is 39.6 Å². The summed E-state index contributed by atoms with van der Waals surface area (Å²) in [5.74, 6) is 2.03. The monoisotopic (exact) mass is 684 g/mol. The number of carbonyl (C=O) groups excluding carboxylic acids is 3. The maximum absolute atomic E-state index is 10.7. The minimum absolute atomic E-state index is 0.277. The van der Waals surface area contributed by atoms with Gasteiger partial charge in [0.15, 0.2) is 0 Å². The highest BCUT2D eigenvalue weighted by Crippen LogP contribution is 2.60. The first-order chi connectivity index (χ1) is 22.5. The molecule has 9 heteroatoms. The lowest BCUT2D eigenvalue weighted by atomic mass is 9.69. The van der Waals surface area contributed by atoms with Gasteiger partial charge >= 0.3 is 26.5 Å². The van der Waals surface area contributed by atoms with Gasteiger partial charge in [-0.25, -0.2) is 0 Å². The molecule has 0 amide bonds. The molecule has 268 valence electrons. The summed E-state index contributed by atoms with van der Waals surface area (Å²) < 4.78 is 25.6. The Morgan fingerprint density at radius 3 is 1.96 bits per heavy atom. The Hall–Kier alpha value is -3.01. The van der Waals surface area contributed by atoms with Crippen molar-refractivity contribution in [1.82, 2.24) is 0 Å². The smallest absolute Gasteiger partial charge is 0.338 e. The van der Waals surface area contributed by atoms with Gasteiger partial charge in [-0.2, -0.15) is 0 Å². The van der Waals surface area contributed by atoms with Gasteiger partial charge in [0.05, 0.1) is 6.26 Å². The Morgan fingerprint density at radius 1 is 0.917 bits per heavy atom. The number of esters is 3. The third-order valence-electron chi connectivity index (χ3n) is 10.6. The number of hydrogen-bond donors (Lipinski definition) is 0. The average molecular weight is 685 g/mol. The molecule has 0 aromatic rings. The van der Waals surface area contributed by atoms with Gasteiger partial charge in [-0.05, 0) is 107 Å². The van der Waals surface area contributed by atoms with Gasteiger partial charge in [0.25, 0.3) is 6.29 Å². The molecule has 5 atom stereocenters. The van der Waals surface area contributed by atoms with Crippen molar-refractivity contribution in [3.05, 3.63) is 71.6 Å². The van der Waals surface area contributed by atoms with E-state index in [1.54, 1.807) is 38.4 Å². The lowest BCUT2D eigenvalue weighted by molar-refractivity contribution is -0.178. The zero-order valence-corrected chi connectivity index (χ0v) is 32.1. The Morgan fingerprint density at radius 2 is 1.50 bits per heavy atom. The van der Waals surface area contributed by atoms with E-state index in [1.165, 1.54) is 77.2 Å². The maximum atomic E-state index is 10.7. The van der Waals surface area contributed by atoms with E-state index in [4.69, 9.17) is 23.1 Å². The maximum Gasteiger partial charge on any atom is 0.338 e. The van der Waals surface area contributed by atoms with Crippen molar-refractivity contribution in [3.8, 4) is 0 Å². The van der Waals surface area contributed by atoms with E-state index < -0.39 is 26.8 Å². The summed E-state index contributed by atoms with van der Waals surface area (Å²) in [4.78, 5) is 32.1. The molecule has 0 spiro atoms. The predicted molar refractivity (Wildman–Crippen MR) is 193 cm³/mol. The summed E-state index contributed by atoms with van der Waals surface area (Å²) in [5.41, 5.74) is 6.62. The van der Waals surface area contributed by atoms with Crippen molar-refractivity contribution in [1.29, 1.82) is 0 Å². The van der Waals surface area contributed by atoms with E-state index in [9.17, 15) is 14.4 Å². The number of fused-ring (bicyclic) bond motifs is 4. The summed E-state index contributed by atoms with van der Waals surface area (Å²) >= 11 is 0. The normalized spacial score (nSPS) is 26.3. The van der Waals surface area contributed by atoms with Crippen molar-refractivity contribution in [2.75, 3.05) is 14.2 Å². The molecular weight excluding hydrogens is 625 g/mol. The fourth-order valence-electron chi connectivity index (χ4n) is 7.52. The Bertz CT molecular complexity index is 1290. The molecule has 0 heterocycles. The van der Waals surface area contributed by atoms with Gasteiger partial charge < -0.3 is 23.1 Å². The molecular formula is C39H60O8Si. The zero-order valence-electron chi connectivity index (χ0n) is 31.1. The van der Waals surface area contributed by atoms with E-state index in [1.807, 2.05) is 13.0 Å². The second-order valence-electron chi connectivity index (χ2n) is 14.1. The third kappa shape index (κ3) is 11.6. The molecule has 4 bridgehead atoms. The minimum atomic E-state index is -1.90. The third-order valence-corrected chi connectivity index (χ3v) is 13.4. The van der Waals surface area contributed by atoms with Gasteiger partial charge in [-0.15, -0.1) is 0 Å². The molecule has 3 saturated carbocycles. The number of ether oxygens (including phenoxy) is 3. The Balaban J connectivity index is 0.000000254. The van der Waals surface area contributed by atoms with Crippen LogP contribution in [0.1, 0.15) is 93.4 Å². The zero-order chi connectivity index (χ0) is 36.2. The fraction of sp³-hybridized carbons (Fsp3) is 0.615. The Labute approximate surface area is 290 Å². The average Bonchev–Trinajstić information content (AvgIpc) is 3.81. The van der Waals surface area contributed by atoms with Crippen LogP contribution in [0.15, 0.2) is 71.6 Å². The second-order valence-corrected chi connectivity index (χ2v) is 17.5. The summed E-state index contributed by atoms with van der Waals surface area (Å²) in [6.07, 6.45) is 17.2. The SMILES string of the molecule is C=C/C=C(\C)C(OC(C)=O)OC(C)=O.C=C1[C@@H]2CC[C@@H](C2)[C@@]1(C)C/C=C/C(C)=C/OC(C)=O.CO[Si](C)(CC1=C(C)[C@H]2CC[C@@H]1C2)OC. The number of rotatable bonds is 12. The van der Waals surface area contributed by atoms with Crippen molar-refractivity contribution >= 4 is 26.5 Å². The van der Waals surface area contributed by atoms with E-state index in [0.29, 0.717) is 5.57 Å². The van der Waals surface area contributed by atoms with Crippen LogP contribution in [0.2, 0.25) is 12.6 Å². The molecule has 0 aromatic carbocycles. The number of carbonyl (C=O) groups is 3. The lowest BCUT2D eigenvalue weighted by Crippen LogP contribution is -2.37. The molecule has 0 unspecified atom stereocenters. The first kappa shape index (κ1) is 41.2. The van der Waals surface area contributed by atoms with Crippen LogP contribution in [-0.4, -0.2) is 47.0 Å². The van der Waals surface area contributed by atoms with Crippen molar-refractivity contribution in [2.45, 2.75) is 112 Å². The van der Waals surface area contributed by atoms with Gasteiger partial charge in [-0.3, -0.25) is 14.4 Å². The van der Waals surface area contributed by atoms with Gasteiger partial charge in [0.1, 0.15) is 0 Å². The molecule has 8 nitrogen and oxygen atoms in total. The largest absolute Gasteiger partial charge is 0.434 e. The van der Waals surface area contributed by atoms with Gasteiger partial charge in [0, 0.05) is 46.6 Å². The molecule has 3 fully saturated rings. The molecule has 4 aliphatic carbocycles. The van der Waals surface area contributed by atoms with Crippen molar-refractivity contribution < 1.29 is 37.4 Å². The van der Waals surface area contributed by atoms with Crippen molar-refractivity contribution in [3.63, 3.8) is 0 Å².